The van der Waals surface area contributed by atoms with Gasteiger partial charge in [-0.2, -0.15) is 0 Å². The molecule has 0 saturated carbocycles. The number of likely N-dealkylation sites (N-methyl/N-ethyl adjacent to an activating group) is 1. The molecule has 4 heteroatoms. The first-order chi connectivity index (χ1) is 8.76. The van der Waals surface area contributed by atoms with Crippen LogP contribution in [0.5, 0.6) is 0 Å². The Morgan fingerprint density at radius 3 is 2.89 bits per heavy atom. The fraction of sp³-hybridized carbons (Fsp3) is 0.357. The van der Waals surface area contributed by atoms with E-state index >= 15 is 0 Å². The second kappa shape index (κ2) is 5.69. The Kier molecular flexibility index (Phi) is 3.99. The van der Waals surface area contributed by atoms with Crippen LogP contribution < -0.4 is 10.6 Å². The second-order valence-electron chi connectivity index (χ2n) is 4.25. The summed E-state index contributed by atoms with van der Waals surface area (Å²) in [7, 11) is 1.66. The number of benzene rings is 1. The maximum Gasteiger partial charge on any atom is 0.239 e. The Morgan fingerprint density at radius 1 is 1.33 bits per heavy atom. The topological polar surface area (TPSA) is 46.1 Å². The third-order valence-electron chi connectivity index (χ3n) is 3.06. The minimum atomic E-state index is 0.0181. The van der Waals surface area contributed by atoms with Gasteiger partial charge < -0.3 is 15.2 Å². The van der Waals surface area contributed by atoms with Crippen LogP contribution in [0.1, 0.15) is 12.5 Å². The number of hydrogen-bond acceptors (Lipinski definition) is 2. The van der Waals surface area contributed by atoms with Crippen LogP contribution in [0, 0.1) is 0 Å². The molecule has 1 heterocycles. The number of fused-ring (bicyclic) bond motifs is 1. The highest BCUT2D eigenvalue weighted by Crippen LogP contribution is 2.20. The summed E-state index contributed by atoms with van der Waals surface area (Å²) in [5, 5.41) is 7.18. The van der Waals surface area contributed by atoms with E-state index in [4.69, 9.17) is 0 Å². The summed E-state index contributed by atoms with van der Waals surface area (Å²) in [4.78, 5) is 11.4. The highest BCUT2D eigenvalue weighted by Gasteiger charge is 2.07. The van der Waals surface area contributed by atoms with Gasteiger partial charge in [0.15, 0.2) is 0 Å². The average Bonchev–Trinajstić information content (AvgIpc) is 2.80. The van der Waals surface area contributed by atoms with Gasteiger partial charge in [0.1, 0.15) is 6.54 Å². The lowest BCUT2D eigenvalue weighted by atomic mass is 10.1. The summed E-state index contributed by atoms with van der Waals surface area (Å²) < 4.78 is 1.98. The summed E-state index contributed by atoms with van der Waals surface area (Å²) in [5.41, 5.74) is 2.37. The monoisotopic (exact) mass is 245 g/mol. The number of amides is 1. The quantitative estimate of drug-likeness (QED) is 0.838. The van der Waals surface area contributed by atoms with Crippen LogP contribution in [0.2, 0.25) is 0 Å². The van der Waals surface area contributed by atoms with Gasteiger partial charge in [-0.15, -0.1) is 0 Å². The minimum Gasteiger partial charge on any atom is -0.358 e. The molecule has 1 aromatic heterocycles. The van der Waals surface area contributed by atoms with E-state index in [1.165, 1.54) is 10.9 Å². The van der Waals surface area contributed by atoms with Crippen molar-refractivity contribution >= 4 is 16.8 Å². The number of carbonyl (C=O) groups is 1. The lowest BCUT2D eigenvalue weighted by Gasteiger charge is -2.07. The van der Waals surface area contributed by atoms with E-state index in [-0.39, 0.29) is 5.91 Å². The molecule has 0 bridgehead atoms. The molecule has 4 nitrogen and oxygen atoms in total. The van der Waals surface area contributed by atoms with Crippen LogP contribution in [0.3, 0.4) is 0 Å². The summed E-state index contributed by atoms with van der Waals surface area (Å²) in [6, 6.07) is 8.28. The molecule has 2 aromatic rings. The van der Waals surface area contributed by atoms with Crippen molar-refractivity contribution in [1.82, 2.24) is 15.2 Å². The molecule has 1 aromatic carbocycles. The Balaban J connectivity index is 2.32. The second-order valence-corrected chi connectivity index (χ2v) is 4.25. The molecule has 0 spiro atoms. The van der Waals surface area contributed by atoms with Crippen LogP contribution in [0.25, 0.3) is 10.9 Å². The van der Waals surface area contributed by atoms with Crippen LogP contribution in [0.15, 0.2) is 30.5 Å². The van der Waals surface area contributed by atoms with E-state index < -0.39 is 0 Å². The standard InChI is InChI=1S/C14H19N3O/c1-3-16-9-11-5-4-6-13-12(11)7-8-17(13)10-14(18)15-2/h4-8,16H,3,9-10H2,1-2H3,(H,15,18). The van der Waals surface area contributed by atoms with Crippen molar-refractivity contribution in [1.29, 1.82) is 0 Å². The van der Waals surface area contributed by atoms with E-state index in [9.17, 15) is 4.79 Å². The first-order valence-corrected chi connectivity index (χ1v) is 6.24. The van der Waals surface area contributed by atoms with Crippen molar-refractivity contribution in [3.8, 4) is 0 Å². The number of nitrogens with zero attached hydrogens (tertiary/aromatic N) is 1. The first kappa shape index (κ1) is 12.6. The zero-order chi connectivity index (χ0) is 13.0. The number of rotatable bonds is 5. The van der Waals surface area contributed by atoms with Gasteiger partial charge in [0.2, 0.25) is 5.91 Å². The van der Waals surface area contributed by atoms with Crippen molar-refractivity contribution in [3.63, 3.8) is 0 Å². The number of nitrogens with one attached hydrogen (secondary N) is 2. The Labute approximate surface area is 107 Å². The SMILES string of the molecule is CCNCc1cccc2c1ccn2CC(=O)NC. The van der Waals surface area contributed by atoms with E-state index in [0.29, 0.717) is 6.54 Å². The summed E-state index contributed by atoms with van der Waals surface area (Å²) in [6.45, 7) is 4.27. The van der Waals surface area contributed by atoms with Crippen molar-refractivity contribution in [3.05, 3.63) is 36.0 Å². The van der Waals surface area contributed by atoms with Gasteiger partial charge in [0, 0.05) is 30.7 Å². The molecule has 0 radical (unpaired) electrons. The lowest BCUT2D eigenvalue weighted by Crippen LogP contribution is -2.23. The molecule has 0 aliphatic rings. The third kappa shape index (κ3) is 2.54. The van der Waals surface area contributed by atoms with Gasteiger partial charge in [-0.05, 0) is 24.2 Å². The zero-order valence-electron chi connectivity index (χ0n) is 10.9. The Morgan fingerprint density at radius 2 is 2.17 bits per heavy atom. The van der Waals surface area contributed by atoms with Crippen LogP contribution in [-0.2, 0) is 17.9 Å². The van der Waals surface area contributed by atoms with Gasteiger partial charge in [-0.1, -0.05) is 19.1 Å². The Hall–Kier alpha value is -1.81. The van der Waals surface area contributed by atoms with Crippen LogP contribution in [0.4, 0.5) is 0 Å². The Bertz CT molecular complexity index is 545. The average molecular weight is 245 g/mol. The summed E-state index contributed by atoms with van der Waals surface area (Å²) in [6.07, 6.45) is 1.97. The highest BCUT2D eigenvalue weighted by atomic mass is 16.1. The fourth-order valence-corrected chi connectivity index (χ4v) is 2.07. The normalized spacial score (nSPS) is 10.8. The minimum absolute atomic E-state index is 0.0181. The predicted molar refractivity (Wildman–Crippen MR) is 73.4 cm³/mol. The van der Waals surface area contributed by atoms with Crippen molar-refractivity contribution in [2.75, 3.05) is 13.6 Å². The van der Waals surface area contributed by atoms with Crippen molar-refractivity contribution in [2.24, 2.45) is 0 Å². The number of hydrogen-bond donors (Lipinski definition) is 2. The molecule has 96 valence electrons. The van der Waals surface area contributed by atoms with Crippen LogP contribution in [-0.4, -0.2) is 24.1 Å². The van der Waals surface area contributed by atoms with Gasteiger partial charge in [0.25, 0.3) is 0 Å². The van der Waals surface area contributed by atoms with Crippen LogP contribution >= 0.6 is 0 Å². The maximum atomic E-state index is 11.4. The molecule has 0 aliphatic carbocycles. The molecule has 0 atom stereocenters. The number of carbonyl (C=O) groups excluding carboxylic acids is 1. The van der Waals surface area contributed by atoms with Gasteiger partial charge in [-0.3, -0.25) is 4.79 Å². The molecule has 0 fully saturated rings. The van der Waals surface area contributed by atoms with E-state index in [0.717, 1.165) is 18.6 Å². The first-order valence-electron chi connectivity index (χ1n) is 6.24. The largest absolute Gasteiger partial charge is 0.358 e. The fourth-order valence-electron chi connectivity index (χ4n) is 2.07. The van der Waals surface area contributed by atoms with Crippen molar-refractivity contribution < 1.29 is 4.79 Å². The van der Waals surface area contributed by atoms with Gasteiger partial charge in [-0.25, -0.2) is 0 Å². The zero-order valence-corrected chi connectivity index (χ0v) is 10.9. The van der Waals surface area contributed by atoms with E-state index in [1.54, 1.807) is 7.05 Å². The maximum absolute atomic E-state index is 11.4. The predicted octanol–water partition coefficient (Wildman–Crippen LogP) is 1.50. The molecule has 18 heavy (non-hydrogen) atoms. The molecule has 2 rings (SSSR count). The van der Waals surface area contributed by atoms with E-state index in [2.05, 4.69) is 29.7 Å². The van der Waals surface area contributed by atoms with Gasteiger partial charge >= 0.3 is 0 Å². The molecule has 0 aliphatic heterocycles. The molecular formula is C14H19N3O. The highest BCUT2D eigenvalue weighted by molar-refractivity contribution is 5.85. The summed E-state index contributed by atoms with van der Waals surface area (Å²) >= 11 is 0. The molecule has 1 amide bonds. The third-order valence-corrected chi connectivity index (χ3v) is 3.06. The lowest BCUT2D eigenvalue weighted by molar-refractivity contribution is -0.121. The van der Waals surface area contributed by atoms with E-state index in [1.807, 2.05) is 22.9 Å². The van der Waals surface area contributed by atoms with Crippen molar-refractivity contribution in [2.45, 2.75) is 20.0 Å². The molecule has 2 N–H and O–H groups in total. The van der Waals surface area contributed by atoms with Gasteiger partial charge in [0.05, 0.1) is 0 Å². The smallest absolute Gasteiger partial charge is 0.239 e. The molecule has 0 saturated heterocycles. The molecular weight excluding hydrogens is 226 g/mol. The summed E-state index contributed by atoms with van der Waals surface area (Å²) in [5.74, 6) is 0.0181. The number of aromatic nitrogens is 1. The molecule has 0 unspecified atom stereocenters.